The molecule has 2 N–H and O–H groups in total. The third-order valence-corrected chi connectivity index (χ3v) is 4.13. The summed E-state index contributed by atoms with van der Waals surface area (Å²) in [5, 5.41) is 5.64. The molecule has 3 rings (SSSR count). The Morgan fingerprint density at radius 1 is 1.38 bits per heavy atom. The predicted molar refractivity (Wildman–Crippen MR) is 87.9 cm³/mol. The smallest absolute Gasteiger partial charge is 0.414 e. The number of carbonyl (C=O) groups is 2. The van der Waals surface area contributed by atoms with Crippen LogP contribution in [0.25, 0.3) is 0 Å². The maximum absolute atomic E-state index is 13.9. The zero-order valence-corrected chi connectivity index (χ0v) is 13.5. The summed E-state index contributed by atoms with van der Waals surface area (Å²) in [6.45, 7) is 3.74. The number of hydrogen-bond acceptors (Lipinski definition) is 5. The van der Waals surface area contributed by atoms with Crippen LogP contribution in [-0.2, 0) is 9.53 Å². The lowest BCUT2D eigenvalue weighted by Gasteiger charge is -2.33. The second-order valence-electron chi connectivity index (χ2n) is 5.90. The number of benzene rings is 1. The Labute approximate surface area is 139 Å². The van der Waals surface area contributed by atoms with Crippen LogP contribution < -0.4 is 20.4 Å². The number of halogens is 1. The molecule has 0 bridgehead atoms. The molecule has 130 valence electrons. The van der Waals surface area contributed by atoms with Crippen molar-refractivity contribution >= 4 is 23.4 Å². The van der Waals surface area contributed by atoms with Crippen LogP contribution in [0, 0.1) is 0 Å². The van der Waals surface area contributed by atoms with Gasteiger partial charge in [-0.05, 0) is 24.3 Å². The van der Waals surface area contributed by atoms with E-state index in [1.165, 1.54) is 11.8 Å². The van der Waals surface area contributed by atoms with Gasteiger partial charge in [0.05, 0.1) is 13.1 Å². The molecule has 0 unspecified atom stereocenters. The van der Waals surface area contributed by atoms with E-state index in [1.807, 2.05) is 12.1 Å². The molecule has 1 aromatic rings. The molecule has 0 radical (unpaired) electrons. The number of anilines is 2. The first kappa shape index (κ1) is 16.5. The van der Waals surface area contributed by atoms with Crippen LogP contribution >= 0.6 is 0 Å². The second kappa shape index (κ2) is 7.04. The van der Waals surface area contributed by atoms with Gasteiger partial charge in [0.25, 0.3) is 0 Å². The van der Waals surface area contributed by atoms with Crippen LogP contribution in [0.3, 0.4) is 0 Å². The highest BCUT2D eigenvalue weighted by Gasteiger charge is 2.32. The number of alkyl halides is 1. The van der Waals surface area contributed by atoms with E-state index in [0.717, 1.165) is 12.2 Å². The molecule has 2 fully saturated rings. The van der Waals surface area contributed by atoms with E-state index in [9.17, 15) is 14.0 Å². The van der Waals surface area contributed by atoms with E-state index in [4.69, 9.17) is 4.74 Å². The third kappa shape index (κ3) is 3.59. The largest absolute Gasteiger partial charge is 0.442 e. The third-order valence-electron chi connectivity index (χ3n) is 4.13. The molecule has 2 amide bonds. The van der Waals surface area contributed by atoms with Crippen LogP contribution in [0.4, 0.5) is 20.6 Å². The van der Waals surface area contributed by atoms with Crippen molar-refractivity contribution in [2.24, 2.45) is 0 Å². The lowest BCUT2D eigenvalue weighted by Crippen LogP contribution is -2.49. The van der Waals surface area contributed by atoms with Crippen LogP contribution in [0.5, 0.6) is 0 Å². The van der Waals surface area contributed by atoms with Gasteiger partial charge >= 0.3 is 6.09 Å². The first-order valence-corrected chi connectivity index (χ1v) is 7.98. The van der Waals surface area contributed by atoms with Crippen LogP contribution in [0.2, 0.25) is 0 Å². The number of ether oxygens (including phenoxy) is 1. The fourth-order valence-corrected chi connectivity index (χ4v) is 2.88. The van der Waals surface area contributed by atoms with E-state index in [2.05, 4.69) is 10.6 Å². The Hall–Kier alpha value is -2.35. The van der Waals surface area contributed by atoms with Crippen molar-refractivity contribution in [2.75, 3.05) is 42.5 Å². The summed E-state index contributed by atoms with van der Waals surface area (Å²) in [6.07, 6.45) is -1.86. The Balaban J connectivity index is 1.65. The molecular formula is C16H21FN4O3. The van der Waals surface area contributed by atoms with Crippen molar-refractivity contribution in [1.82, 2.24) is 10.6 Å². The topological polar surface area (TPSA) is 73.9 Å². The Morgan fingerprint density at radius 3 is 2.75 bits per heavy atom. The summed E-state index contributed by atoms with van der Waals surface area (Å²) in [4.78, 5) is 26.1. The van der Waals surface area contributed by atoms with Crippen molar-refractivity contribution in [3.05, 3.63) is 24.3 Å². The highest BCUT2D eigenvalue weighted by Crippen LogP contribution is 2.26. The van der Waals surface area contributed by atoms with Crippen molar-refractivity contribution in [3.63, 3.8) is 0 Å². The fourth-order valence-electron chi connectivity index (χ4n) is 2.88. The summed E-state index contributed by atoms with van der Waals surface area (Å²) in [5.41, 5.74) is 1.48. The Bertz CT molecular complexity index is 610. The number of rotatable bonds is 4. The molecule has 24 heavy (non-hydrogen) atoms. The summed E-state index contributed by atoms with van der Waals surface area (Å²) in [7, 11) is 0. The van der Waals surface area contributed by atoms with E-state index in [1.54, 1.807) is 17.0 Å². The molecule has 0 aromatic heterocycles. The molecule has 1 aromatic carbocycles. The van der Waals surface area contributed by atoms with Crippen LogP contribution in [-0.4, -0.2) is 57.1 Å². The van der Waals surface area contributed by atoms with Crippen molar-refractivity contribution in [1.29, 1.82) is 0 Å². The number of cyclic esters (lactones) is 1. The number of carbonyl (C=O) groups excluding carboxylic acids is 2. The van der Waals surface area contributed by atoms with E-state index >= 15 is 0 Å². The zero-order chi connectivity index (χ0) is 17.1. The number of nitrogens with one attached hydrogen (secondary N) is 2. The van der Waals surface area contributed by atoms with Gasteiger partial charge < -0.3 is 20.3 Å². The minimum Gasteiger partial charge on any atom is -0.442 e. The molecular weight excluding hydrogens is 315 g/mol. The Kier molecular flexibility index (Phi) is 4.84. The average molecular weight is 336 g/mol. The maximum atomic E-state index is 13.9. The lowest BCUT2D eigenvalue weighted by molar-refractivity contribution is -0.119. The average Bonchev–Trinajstić information content (AvgIpc) is 2.94. The van der Waals surface area contributed by atoms with Crippen molar-refractivity contribution < 1.29 is 18.7 Å². The summed E-state index contributed by atoms with van der Waals surface area (Å²) in [6, 6.07) is 7.18. The van der Waals surface area contributed by atoms with Gasteiger partial charge in [-0.25, -0.2) is 9.18 Å². The van der Waals surface area contributed by atoms with Gasteiger partial charge in [-0.3, -0.25) is 9.69 Å². The zero-order valence-electron chi connectivity index (χ0n) is 13.5. The molecule has 0 aliphatic carbocycles. The van der Waals surface area contributed by atoms with Crippen molar-refractivity contribution in [2.45, 2.75) is 19.3 Å². The van der Waals surface area contributed by atoms with Gasteiger partial charge in [0.1, 0.15) is 6.10 Å². The van der Waals surface area contributed by atoms with Crippen LogP contribution in [0.1, 0.15) is 6.92 Å². The van der Waals surface area contributed by atoms with Crippen molar-refractivity contribution in [3.8, 4) is 0 Å². The molecule has 2 aliphatic heterocycles. The maximum Gasteiger partial charge on any atom is 0.414 e. The van der Waals surface area contributed by atoms with E-state index in [-0.39, 0.29) is 12.0 Å². The van der Waals surface area contributed by atoms with Gasteiger partial charge in [0.15, 0.2) is 6.30 Å². The molecule has 8 heteroatoms. The molecule has 0 saturated carbocycles. The number of piperazine rings is 1. The van der Waals surface area contributed by atoms with Gasteiger partial charge in [0.2, 0.25) is 5.91 Å². The molecule has 7 nitrogen and oxygen atoms in total. The standard InChI is InChI=1S/C16H21FN4O3/c1-11(22)19-8-14-10-21(16(23)24-14)13-4-2-12(3-5-13)20-7-6-18-9-15(20)17/h2-5,14-15,18H,6-10H2,1H3,(H,19,22)/t14-,15+/m0/s1. The minimum atomic E-state index is -1.05. The number of amides is 2. The van der Waals surface area contributed by atoms with Gasteiger partial charge in [-0.15, -0.1) is 0 Å². The molecule has 2 heterocycles. The summed E-state index contributed by atoms with van der Waals surface area (Å²) in [5.74, 6) is -0.161. The monoisotopic (exact) mass is 336 g/mol. The first-order chi connectivity index (χ1) is 11.5. The predicted octanol–water partition coefficient (Wildman–Crippen LogP) is 0.853. The van der Waals surface area contributed by atoms with Gasteiger partial charge in [0, 0.05) is 37.9 Å². The summed E-state index contributed by atoms with van der Waals surface area (Å²) >= 11 is 0. The SMILES string of the molecule is CC(=O)NC[C@H]1CN(c2ccc(N3CCNC[C@@H]3F)cc2)C(=O)O1. The number of nitrogens with zero attached hydrogens (tertiary/aromatic N) is 2. The van der Waals surface area contributed by atoms with Gasteiger partial charge in [-0.2, -0.15) is 0 Å². The molecule has 2 atom stereocenters. The van der Waals surface area contributed by atoms with E-state index in [0.29, 0.717) is 31.9 Å². The number of hydrogen-bond donors (Lipinski definition) is 2. The highest BCUT2D eigenvalue weighted by atomic mass is 19.1. The van der Waals surface area contributed by atoms with E-state index < -0.39 is 12.4 Å². The highest BCUT2D eigenvalue weighted by molar-refractivity contribution is 5.90. The molecule has 2 saturated heterocycles. The molecule has 0 spiro atoms. The second-order valence-corrected chi connectivity index (χ2v) is 5.90. The van der Waals surface area contributed by atoms with Gasteiger partial charge in [-0.1, -0.05) is 0 Å². The first-order valence-electron chi connectivity index (χ1n) is 7.98. The molecule has 2 aliphatic rings. The quantitative estimate of drug-likeness (QED) is 0.798. The fraction of sp³-hybridized carbons (Fsp3) is 0.500. The van der Waals surface area contributed by atoms with Crippen LogP contribution in [0.15, 0.2) is 24.3 Å². The Morgan fingerprint density at radius 2 is 2.08 bits per heavy atom. The summed E-state index contributed by atoms with van der Waals surface area (Å²) < 4.78 is 19.2. The normalized spacial score (nSPS) is 24.0. The minimum absolute atomic E-state index is 0.161. The lowest BCUT2D eigenvalue weighted by atomic mass is 10.2.